The molecule has 1 aromatic rings. The maximum atomic E-state index is 12.5. The van der Waals surface area contributed by atoms with Gasteiger partial charge in [-0.25, -0.2) is 8.42 Å². The predicted octanol–water partition coefficient (Wildman–Crippen LogP) is 2.55. The third-order valence-electron chi connectivity index (χ3n) is 2.14. The normalized spacial score (nSPS) is 14.6. The molecule has 0 aromatic heterocycles. The molecule has 0 amide bonds. The number of aliphatic hydroxyl groups is 1. The molecule has 0 spiro atoms. The fourth-order valence-electron chi connectivity index (χ4n) is 1.35. The second-order valence-corrected chi connectivity index (χ2v) is 6.88. The first-order chi connectivity index (χ1) is 8.00. The Morgan fingerprint density at radius 1 is 1.39 bits per heavy atom. The highest BCUT2D eigenvalue weighted by atomic mass is 79.9. The first-order valence-electron chi connectivity index (χ1n) is 4.73. The number of benzene rings is 1. The van der Waals surface area contributed by atoms with Gasteiger partial charge in [-0.2, -0.15) is 13.2 Å². The van der Waals surface area contributed by atoms with Gasteiger partial charge in [-0.05, 0) is 23.8 Å². The van der Waals surface area contributed by atoms with Gasteiger partial charge in [-0.15, -0.1) is 0 Å². The number of hydrogen-bond acceptors (Lipinski definition) is 3. The summed E-state index contributed by atoms with van der Waals surface area (Å²) in [7, 11) is -3.49. The zero-order valence-corrected chi connectivity index (χ0v) is 11.6. The van der Waals surface area contributed by atoms with Crippen molar-refractivity contribution in [2.24, 2.45) is 0 Å². The van der Waals surface area contributed by atoms with Crippen LogP contribution >= 0.6 is 15.9 Å². The Kier molecular flexibility index (Phi) is 4.45. The van der Waals surface area contributed by atoms with Crippen molar-refractivity contribution in [3.8, 4) is 0 Å². The molecule has 1 aromatic carbocycles. The largest absolute Gasteiger partial charge is 0.416 e. The molecule has 1 rings (SSSR count). The third-order valence-corrected chi connectivity index (χ3v) is 3.79. The van der Waals surface area contributed by atoms with Crippen molar-refractivity contribution < 1.29 is 26.7 Å². The fourth-order valence-corrected chi connectivity index (χ4v) is 2.62. The Bertz CT molecular complexity index is 540. The summed E-state index contributed by atoms with van der Waals surface area (Å²) in [6.07, 6.45) is -5.14. The van der Waals surface area contributed by atoms with Gasteiger partial charge in [0, 0.05) is 10.7 Å². The highest BCUT2D eigenvalue weighted by molar-refractivity contribution is 9.10. The minimum Gasteiger partial charge on any atom is -0.387 e. The Morgan fingerprint density at radius 3 is 2.39 bits per heavy atom. The van der Waals surface area contributed by atoms with Crippen LogP contribution in [-0.4, -0.2) is 25.5 Å². The fraction of sp³-hybridized carbons (Fsp3) is 0.400. The SMILES string of the molecule is CS(=O)(=O)CC(O)c1cc(C(F)(F)F)ccc1Br. The first kappa shape index (κ1) is 15.5. The van der Waals surface area contributed by atoms with Crippen molar-refractivity contribution in [2.45, 2.75) is 12.3 Å². The molecule has 18 heavy (non-hydrogen) atoms. The Morgan fingerprint density at radius 2 is 1.94 bits per heavy atom. The zero-order chi connectivity index (χ0) is 14.1. The van der Waals surface area contributed by atoms with Crippen LogP contribution < -0.4 is 0 Å². The smallest absolute Gasteiger partial charge is 0.387 e. The molecule has 8 heteroatoms. The van der Waals surface area contributed by atoms with E-state index in [2.05, 4.69) is 15.9 Å². The molecule has 0 radical (unpaired) electrons. The summed E-state index contributed by atoms with van der Waals surface area (Å²) in [5.74, 6) is -0.632. The molecule has 102 valence electrons. The molecule has 1 atom stereocenters. The molecule has 0 aliphatic heterocycles. The van der Waals surface area contributed by atoms with Crippen LogP contribution in [0.2, 0.25) is 0 Å². The maximum absolute atomic E-state index is 12.5. The molecule has 0 heterocycles. The van der Waals surface area contributed by atoms with Gasteiger partial charge >= 0.3 is 6.18 Å². The number of aliphatic hydroxyl groups excluding tert-OH is 1. The summed E-state index contributed by atoms with van der Waals surface area (Å²) in [5.41, 5.74) is -1.04. The first-order valence-corrected chi connectivity index (χ1v) is 7.58. The van der Waals surface area contributed by atoms with E-state index in [4.69, 9.17) is 0 Å². The third kappa shape index (κ3) is 4.25. The molecule has 1 unspecified atom stereocenters. The summed E-state index contributed by atoms with van der Waals surface area (Å²) >= 11 is 2.98. The Labute approximate surface area is 111 Å². The van der Waals surface area contributed by atoms with Gasteiger partial charge in [0.15, 0.2) is 0 Å². The lowest BCUT2D eigenvalue weighted by atomic mass is 10.1. The van der Waals surface area contributed by atoms with Gasteiger partial charge in [0.25, 0.3) is 0 Å². The van der Waals surface area contributed by atoms with Crippen molar-refractivity contribution in [3.63, 3.8) is 0 Å². The molecule has 0 aliphatic carbocycles. The summed E-state index contributed by atoms with van der Waals surface area (Å²) in [6, 6.07) is 2.71. The second-order valence-electron chi connectivity index (χ2n) is 3.84. The van der Waals surface area contributed by atoms with Crippen LogP contribution in [0.15, 0.2) is 22.7 Å². The highest BCUT2D eigenvalue weighted by Crippen LogP contribution is 2.34. The minimum absolute atomic E-state index is 0.102. The van der Waals surface area contributed by atoms with Crippen LogP contribution in [0.4, 0.5) is 13.2 Å². The minimum atomic E-state index is -4.54. The lowest BCUT2D eigenvalue weighted by Crippen LogP contribution is -2.14. The van der Waals surface area contributed by atoms with Crippen LogP contribution in [0.25, 0.3) is 0 Å². The Balaban J connectivity index is 3.16. The van der Waals surface area contributed by atoms with Crippen LogP contribution in [0.1, 0.15) is 17.2 Å². The van der Waals surface area contributed by atoms with Crippen LogP contribution in [0.5, 0.6) is 0 Å². The number of halogens is 4. The van der Waals surface area contributed by atoms with Crippen LogP contribution in [0, 0.1) is 0 Å². The number of hydrogen-bond donors (Lipinski definition) is 1. The van der Waals surface area contributed by atoms with E-state index in [1.54, 1.807) is 0 Å². The molecular formula is C10H10BrF3O3S. The molecular weight excluding hydrogens is 337 g/mol. The Hall–Kier alpha value is -0.600. The summed E-state index contributed by atoms with van der Waals surface area (Å²) in [5, 5.41) is 9.65. The van der Waals surface area contributed by atoms with Crippen molar-refractivity contribution in [1.29, 1.82) is 0 Å². The molecule has 0 fully saturated rings. The predicted molar refractivity (Wildman–Crippen MR) is 63.8 cm³/mol. The average molecular weight is 347 g/mol. The zero-order valence-electron chi connectivity index (χ0n) is 9.20. The van der Waals surface area contributed by atoms with Gasteiger partial charge in [0.1, 0.15) is 9.84 Å². The van der Waals surface area contributed by atoms with Crippen molar-refractivity contribution in [1.82, 2.24) is 0 Å². The summed E-state index contributed by atoms with van der Waals surface area (Å²) in [4.78, 5) is 0. The van der Waals surface area contributed by atoms with E-state index in [0.29, 0.717) is 0 Å². The van der Waals surface area contributed by atoms with E-state index < -0.39 is 33.4 Å². The molecule has 0 bridgehead atoms. The van der Waals surface area contributed by atoms with Gasteiger partial charge in [-0.1, -0.05) is 15.9 Å². The van der Waals surface area contributed by atoms with Gasteiger partial charge in [-0.3, -0.25) is 0 Å². The van der Waals surface area contributed by atoms with E-state index >= 15 is 0 Å². The quantitative estimate of drug-likeness (QED) is 0.914. The molecule has 0 aliphatic rings. The molecule has 1 N–H and O–H groups in total. The van der Waals surface area contributed by atoms with Crippen molar-refractivity contribution >= 4 is 25.8 Å². The lowest BCUT2D eigenvalue weighted by molar-refractivity contribution is -0.137. The van der Waals surface area contributed by atoms with E-state index in [-0.39, 0.29) is 10.0 Å². The standard InChI is InChI=1S/C10H10BrF3O3S/c1-18(16,17)5-9(15)7-4-6(10(12,13)14)2-3-8(7)11/h2-4,9,15H,5H2,1H3. The summed E-state index contributed by atoms with van der Waals surface area (Å²) < 4.78 is 59.7. The topological polar surface area (TPSA) is 54.4 Å². The molecule has 0 saturated carbocycles. The van der Waals surface area contributed by atoms with E-state index in [1.165, 1.54) is 0 Å². The maximum Gasteiger partial charge on any atom is 0.416 e. The lowest BCUT2D eigenvalue weighted by Gasteiger charge is -2.14. The number of alkyl halides is 3. The van der Waals surface area contributed by atoms with Gasteiger partial charge in [0.05, 0.1) is 17.4 Å². The van der Waals surface area contributed by atoms with Crippen LogP contribution in [-0.2, 0) is 16.0 Å². The van der Waals surface area contributed by atoms with E-state index in [1.807, 2.05) is 0 Å². The van der Waals surface area contributed by atoms with Crippen molar-refractivity contribution in [2.75, 3.05) is 12.0 Å². The van der Waals surface area contributed by atoms with E-state index in [9.17, 15) is 26.7 Å². The average Bonchev–Trinajstić information content (AvgIpc) is 2.13. The van der Waals surface area contributed by atoms with E-state index in [0.717, 1.165) is 24.5 Å². The highest BCUT2D eigenvalue weighted by Gasteiger charge is 2.31. The number of sulfone groups is 1. The van der Waals surface area contributed by atoms with Gasteiger partial charge < -0.3 is 5.11 Å². The van der Waals surface area contributed by atoms with Gasteiger partial charge in [0.2, 0.25) is 0 Å². The van der Waals surface area contributed by atoms with Crippen LogP contribution in [0.3, 0.4) is 0 Å². The summed E-state index contributed by atoms with van der Waals surface area (Å²) in [6.45, 7) is 0. The number of rotatable bonds is 3. The monoisotopic (exact) mass is 346 g/mol. The second kappa shape index (κ2) is 5.18. The molecule has 3 nitrogen and oxygen atoms in total. The molecule has 0 saturated heterocycles. The van der Waals surface area contributed by atoms with Crippen molar-refractivity contribution in [3.05, 3.63) is 33.8 Å².